The Hall–Kier alpha value is -0.000000000000000111. The molecule has 1 amide bonds. The van der Waals surface area contributed by atoms with E-state index in [2.05, 4.69) is 0 Å². The molecule has 0 saturated carbocycles. The summed E-state index contributed by atoms with van der Waals surface area (Å²) in [4.78, 5) is 11.2. The van der Waals surface area contributed by atoms with Crippen LogP contribution in [0.15, 0.2) is 6.07 Å². The molecular weight excluding hydrogens is 341 g/mol. The molecule has 0 aromatic heterocycles. The molecule has 1 aromatic carbocycles. The standard InChI is InChI=1S/C8H2Cl5F2NO/c9-2-1-3(6(15)4(10)5(2)14)16-7(17)8(11,12)13/h1H,(H,16,17). The Morgan fingerprint density at radius 1 is 1.18 bits per heavy atom. The molecule has 0 heterocycles. The smallest absolute Gasteiger partial charge is 0.276 e. The number of hydrogen-bond donors (Lipinski definition) is 1. The first-order valence-electron chi connectivity index (χ1n) is 3.85. The van der Waals surface area contributed by atoms with Crippen LogP contribution in [-0.4, -0.2) is 9.70 Å². The van der Waals surface area contributed by atoms with Gasteiger partial charge in [-0.25, -0.2) is 8.78 Å². The van der Waals surface area contributed by atoms with Crippen molar-refractivity contribution < 1.29 is 13.6 Å². The van der Waals surface area contributed by atoms with E-state index in [4.69, 9.17) is 58.0 Å². The van der Waals surface area contributed by atoms with Gasteiger partial charge in [-0.15, -0.1) is 0 Å². The molecular formula is C8H2Cl5F2NO. The molecule has 1 aromatic rings. The van der Waals surface area contributed by atoms with Crippen LogP contribution in [0.2, 0.25) is 10.0 Å². The maximum absolute atomic E-state index is 13.4. The third kappa shape index (κ3) is 3.48. The number of nitrogens with one attached hydrogen (secondary N) is 1. The molecule has 0 radical (unpaired) electrons. The highest BCUT2D eigenvalue weighted by atomic mass is 35.6. The summed E-state index contributed by atoms with van der Waals surface area (Å²) in [5, 5.41) is 0.574. The fraction of sp³-hybridized carbons (Fsp3) is 0.125. The third-order valence-corrected chi connectivity index (χ3v) is 2.73. The van der Waals surface area contributed by atoms with Gasteiger partial charge in [0, 0.05) is 0 Å². The molecule has 0 atom stereocenters. The number of carbonyl (C=O) groups is 1. The van der Waals surface area contributed by atoms with Crippen molar-refractivity contribution in [3.63, 3.8) is 0 Å². The summed E-state index contributed by atoms with van der Waals surface area (Å²) in [6.07, 6.45) is 0. The summed E-state index contributed by atoms with van der Waals surface area (Å²) in [5.74, 6) is -3.48. The molecule has 0 fully saturated rings. The Bertz CT molecular complexity index is 474. The van der Waals surface area contributed by atoms with Gasteiger partial charge in [0.25, 0.3) is 9.70 Å². The van der Waals surface area contributed by atoms with Crippen molar-refractivity contribution >= 4 is 69.6 Å². The fourth-order valence-corrected chi connectivity index (χ4v) is 1.45. The Balaban J connectivity index is 3.13. The van der Waals surface area contributed by atoms with Crippen LogP contribution in [0.25, 0.3) is 0 Å². The molecule has 0 aliphatic rings. The normalized spacial score (nSPS) is 11.5. The summed E-state index contributed by atoms with van der Waals surface area (Å²) in [6, 6.07) is 0.812. The van der Waals surface area contributed by atoms with E-state index >= 15 is 0 Å². The molecule has 0 spiro atoms. The van der Waals surface area contributed by atoms with Gasteiger partial charge in [-0.3, -0.25) is 4.79 Å². The van der Waals surface area contributed by atoms with Crippen molar-refractivity contribution in [1.29, 1.82) is 0 Å². The highest BCUT2D eigenvalue weighted by Crippen LogP contribution is 2.33. The first-order valence-corrected chi connectivity index (χ1v) is 5.74. The van der Waals surface area contributed by atoms with E-state index in [9.17, 15) is 13.6 Å². The minimum Gasteiger partial charge on any atom is -0.320 e. The Labute approximate surface area is 120 Å². The maximum Gasteiger partial charge on any atom is 0.276 e. The summed E-state index contributed by atoms with van der Waals surface area (Å²) < 4.78 is 24.2. The van der Waals surface area contributed by atoms with Crippen LogP contribution in [0.3, 0.4) is 0 Å². The van der Waals surface area contributed by atoms with E-state index in [1.54, 1.807) is 0 Å². The average Bonchev–Trinajstić information content (AvgIpc) is 2.21. The summed E-state index contributed by atoms with van der Waals surface area (Å²) in [5.41, 5.74) is -0.488. The first-order chi connectivity index (χ1) is 7.64. The Morgan fingerprint density at radius 2 is 1.71 bits per heavy atom. The van der Waals surface area contributed by atoms with Crippen LogP contribution >= 0.6 is 58.0 Å². The van der Waals surface area contributed by atoms with Gasteiger partial charge in [0.2, 0.25) is 0 Å². The van der Waals surface area contributed by atoms with E-state index in [1.807, 2.05) is 5.32 Å². The molecule has 0 saturated heterocycles. The van der Waals surface area contributed by atoms with Gasteiger partial charge in [-0.2, -0.15) is 0 Å². The molecule has 0 unspecified atom stereocenters. The maximum atomic E-state index is 13.4. The zero-order valence-electron chi connectivity index (χ0n) is 7.63. The molecule has 9 heteroatoms. The van der Waals surface area contributed by atoms with Gasteiger partial charge in [-0.05, 0) is 6.07 Å². The molecule has 0 aliphatic heterocycles. The van der Waals surface area contributed by atoms with Crippen molar-refractivity contribution in [2.75, 3.05) is 5.32 Å². The predicted molar refractivity (Wildman–Crippen MR) is 65.3 cm³/mol. The Kier molecular flexibility index (Phi) is 4.72. The van der Waals surface area contributed by atoms with Crippen LogP contribution in [0.4, 0.5) is 14.5 Å². The van der Waals surface area contributed by atoms with E-state index in [-0.39, 0.29) is 0 Å². The lowest BCUT2D eigenvalue weighted by Gasteiger charge is -2.13. The van der Waals surface area contributed by atoms with Crippen molar-refractivity contribution in [2.45, 2.75) is 3.79 Å². The number of anilines is 1. The van der Waals surface area contributed by atoms with Crippen molar-refractivity contribution in [3.8, 4) is 0 Å². The monoisotopic (exact) mass is 341 g/mol. The van der Waals surface area contributed by atoms with Crippen LogP contribution in [0, 0.1) is 11.6 Å². The zero-order chi connectivity index (χ0) is 13.4. The Morgan fingerprint density at radius 3 is 2.18 bits per heavy atom. The predicted octanol–water partition coefficient (Wildman–Crippen LogP) is 4.58. The third-order valence-electron chi connectivity index (χ3n) is 1.61. The lowest BCUT2D eigenvalue weighted by molar-refractivity contribution is -0.115. The van der Waals surface area contributed by atoms with E-state index in [0.717, 1.165) is 6.07 Å². The molecule has 0 aliphatic carbocycles. The number of halogens is 7. The zero-order valence-corrected chi connectivity index (χ0v) is 11.4. The summed E-state index contributed by atoms with van der Waals surface area (Å²) in [6.45, 7) is 0. The second-order valence-corrected chi connectivity index (χ2v) is 5.87. The van der Waals surface area contributed by atoms with Gasteiger partial charge in [0.05, 0.1) is 10.7 Å². The van der Waals surface area contributed by atoms with E-state index in [1.165, 1.54) is 0 Å². The van der Waals surface area contributed by atoms with Crippen LogP contribution in [-0.2, 0) is 4.79 Å². The highest BCUT2D eigenvalue weighted by Gasteiger charge is 2.31. The lowest BCUT2D eigenvalue weighted by Crippen LogP contribution is -2.27. The largest absolute Gasteiger partial charge is 0.320 e. The molecule has 0 bridgehead atoms. The first kappa shape index (κ1) is 15.1. The van der Waals surface area contributed by atoms with Gasteiger partial charge in [-0.1, -0.05) is 58.0 Å². The molecule has 17 heavy (non-hydrogen) atoms. The van der Waals surface area contributed by atoms with Crippen LogP contribution < -0.4 is 5.32 Å². The van der Waals surface area contributed by atoms with Gasteiger partial charge < -0.3 is 5.32 Å². The molecule has 94 valence electrons. The summed E-state index contributed by atoms with van der Waals surface area (Å²) in [7, 11) is 0. The number of alkyl halides is 3. The summed E-state index contributed by atoms with van der Waals surface area (Å²) >= 11 is 26.5. The minimum atomic E-state index is -2.29. The van der Waals surface area contributed by atoms with Gasteiger partial charge >= 0.3 is 0 Å². The lowest BCUT2D eigenvalue weighted by atomic mass is 10.3. The topological polar surface area (TPSA) is 29.1 Å². The number of hydrogen-bond acceptors (Lipinski definition) is 1. The second kappa shape index (κ2) is 5.33. The second-order valence-electron chi connectivity index (χ2n) is 2.80. The number of amides is 1. The molecule has 2 nitrogen and oxygen atoms in total. The van der Waals surface area contributed by atoms with Gasteiger partial charge in [0.1, 0.15) is 5.02 Å². The van der Waals surface area contributed by atoms with E-state index < -0.39 is 37.1 Å². The number of carbonyl (C=O) groups excluding carboxylic acids is 1. The highest BCUT2D eigenvalue weighted by molar-refractivity contribution is 6.76. The van der Waals surface area contributed by atoms with Crippen molar-refractivity contribution in [3.05, 3.63) is 27.7 Å². The van der Waals surface area contributed by atoms with Crippen LogP contribution in [0.1, 0.15) is 0 Å². The van der Waals surface area contributed by atoms with Gasteiger partial charge in [0.15, 0.2) is 11.6 Å². The average molecular weight is 343 g/mol. The number of rotatable bonds is 1. The van der Waals surface area contributed by atoms with E-state index in [0.29, 0.717) is 0 Å². The number of benzene rings is 1. The van der Waals surface area contributed by atoms with Crippen molar-refractivity contribution in [1.82, 2.24) is 0 Å². The minimum absolute atomic E-state index is 0.476. The fourth-order valence-electron chi connectivity index (χ4n) is 0.857. The quantitative estimate of drug-likeness (QED) is 0.451. The molecule has 1 rings (SSSR count). The molecule has 1 N–H and O–H groups in total. The van der Waals surface area contributed by atoms with Crippen molar-refractivity contribution in [2.24, 2.45) is 0 Å². The SMILES string of the molecule is O=C(Nc1cc(Cl)c(F)c(Cl)c1F)C(Cl)(Cl)Cl. The van der Waals surface area contributed by atoms with Crippen LogP contribution in [0.5, 0.6) is 0 Å².